The summed E-state index contributed by atoms with van der Waals surface area (Å²) in [4.78, 5) is 28.4. The van der Waals surface area contributed by atoms with Crippen molar-refractivity contribution in [1.82, 2.24) is 5.32 Å². The molecule has 1 fully saturated rings. The zero-order valence-electron chi connectivity index (χ0n) is 9.98. The first-order chi connectivity index (χ1) is 9.11. The summed E-state index contributed by atoms with van der Waals surface area (Å²) < 4.78 is 0. The number of hydrogen-bond acceptors (Lipinski definition) is 4. The average Bonchev–Trinajstić information content (AvgIpc) is 2.81. The van der Waals surface area contributed by atoms with Crippen LogP contribution in [0.5, 0.6) is 0 Å². The highest BCUT2D eigenvalue weighted by molar-refractivity contribution is 6.34. The highest BCUT2D eigenvalue weighted by Gasteiger charge is 2.50. The highest BCUT2D eigenvalue weighted by atomic mass is 35.5. The van der Waals surface area contributed by atoms with Crippen LogP contribution >= 0.6 is 11.6 Å². The molecule has 3 rings (SSSR count). The standard InChI is InChI=1S/C13H11ClN2O3/c14-9-4-2-1-3-8(9)10-7-13(19-16-10)6-5-11(17)15-12(13)18/h1-4H,5-7H2,(H,15,17,18). The number of nitrogens with zero attached hydrogens (tertiary/aromatic N) is 1. The number of carbonyl (C=O) groups excluding carboxylic acids is 2. The third kappa shape index (κ3) is 2.00. The van der Waals surface area contributed by atoms with E-state index in [0.29, 0.717) is 23.6 Å². The second-order valence-corrected chi connectivity index (χ2v) is 5.06. The summed E-state index contributed by atoms with van der Waals surface area (Å²) in [6.07, 6.45) is 0.933. The van der Waals surface area contributed by atoms with Crippen molar-refractivity contribution in [2.24, 2.45) is 5.16 Å². The van der Waals surface area contributed by atoms with Crippen LogP contribution in [0.25, 0.3) is 0 Å². The van der Waals surface area contributed by atoms with Crippen molar-refractivity contribution >= 4 is 29.1 Å². The summed E-state index contributed by atoms with van der Waals surface area (Å²) in [6, 6.07) is 7.26. The molecule has 2 amide bonds. The van der Waals surface area contributed by atoms with Crippen LogP contribution in [0.15, 0.2) is 29.4 Å². The van der Waals surface area contributed by atoms with Gasteiger partial charge in [0.25, 0.3) is 5.91 Å². The maximum absolute atomic E-state index is 11.9. The Morgan fingerprint density at radius 1 is 1.32 bits per heavy atom. The van der Waals surface area contributed by atoms with E-state index in [1.165, 1.54) is 0 Å². The van der Waals surface area contributed by atoms with Crippen LogP contribution in [0.1, 0.15) is 24.8 Å². The van der Waals surface area contributed by atoms with Crippen molar-refractivity contribution in [2.75, 3.05) is 0 Å². The number of imide groups is 1. The molecule has 1 N–H and O–H groups in total. The third-order valence-corrected chi connectivity index (χ3v) is 3.72. The molecule has 1 spiro atoms. The lowest BCUT2D eigenvalue weighted by Gasteiger charge is -2.28. The first-order valence-corrected chi connectivity index (χ1v) is 6.33. The molecule has 2 heterocycles. The molecule has 0 saturated carbocycles. The number of nitrogens with one attached hydrogen (secondary N) is 1. The van der Waals surface area contributed by atoms with Crippen LogP contribution in [0, 0.1) is 0 Å². The minimum Gasteiger partial charge on any atom is -0.378 e. The van der Waals surface area contributed by atoms with Crippen LogP contribution < -0.4 is 5.32 Å². The molecular weight excluding hydrogens is 268 g/mol. The van der Waals surface area contributed by atoms with Gasteiger partial charge in [0.05, 0.1) is 5.71 Å². The van der Waals surface area contributed by atoms with Gasteiger partial charge < -0.3 is 4.84 Å². The van der Waals surface area contributed by atoms with Crippen molar-refractivity contribution in [2.45, 2.75) is 24.9 Å². The van der Waals surface area contributed by atoms with Gasteiger partial charge in [-0.1, -0.05) is 35.0 Å². The van der Waals surface area contributed by atoms with Gasteiger partial charge in [0, 0.05) is 29.8 Å². The fourth-order valence-electron chi connectivity index (χ4n) is 2.30. The van der Waals surface area contributed by atoms with E-state index in [0.717, 1.165) is 5.56 Å². The minimum atomic E-state index is -1.05. The fraction of sp³-hybridized carbons (Fsp3) is 0.308. The lowest BCUT2D eigenvalue weighted by atomic mass is 9.86. The molecule has 1 aromatic carbocycles. The Hall–Kier alpha value is -1.88. The summed E-state index contributed by atoms with van der Waals surface area (Å²) in [5.74, 6) is -0.694. The van der Waals surface area contributed by atoms with E-state index in [9.17, 15) is 9.59 Å². The normalized spacial score (nSPS) is 26.1. The predicted molar refractivity (Wildman–Crippen MR) is 68.8 cm³/mol. The molecular formula is C13H11ClN2O3. The molecule has 19 heavy (non-hydrogen) atoms. The van der Waals surface area contributed by atoms with Gasteiger partial charge in [-0.25, -0.2) is 0 Å². The van der Waals surface area contributed by atoms with Gasteiger partial charge >= 0.3 is 0 Å². The molecule has 98 valence electrons. The molecule has 0 aromatic heterocycles. The molecule has 0 aliphatic carbocycles. The van der Waals surface area contributed by atoms with E-state index in [-0.39, 0.29) is 12.3 Å². The number of carbonyl (C=O) groups is 2. The molecule has 6 heteroatoms. The zero-order chi connectivity index (χ0) is 13.5. The number of oxime groups is 1. The van der Waals surface area contributed by atoms with E-state index in [1.807, 2.05) is 18.2 Å². The predicted octanol–water partition coefficient (Wildman–Crippen LogP) is 1.64. The summed E-state index contributed by atoms with van der Waals surface area (Å²) in [6.45, 7) is 0. The Morgan fingerprint density at radius 2 is 2.11 bits per heavy atom. The minimum absolute atomic E-state index is 0.261. The number of hydrogen-bond donors (Lipinski definition) is 1. The number of halogens is 1. The highest BCUT2D eigenvalue weighted by Crippen LogP contribution is 2.34. The Balaban J connectivity index is 1.85. The summed E-state index contributed by atoms with van der Waals surface area (Å²) in [7, 11) is 0. The Bertz CT molecular complexity index is 599. The quantitative estimate of drug-likeness (QED) is 0.794. The van der Waals surface area contributed by atoms with E-state index < -0.39 is 11.5 Å². The van der Waals surface area contributed by atoms with Gasteiger partial charge in [0.15, 0.2) is 0 Å². The fourth-order valence-corrected chi connectivity index (χ4v) is 2.55. The summed E-state index contributed by atoms with van der Waals surface area (Å²) in [5.41, 5.74) is 0.337. The van der Waals surface area contributed by atoms with E-state index >= 15 is 0 Å². The Kier molecular flexibility index (Phi) is 2.78. The first-order valence-electron chi connectivity index (χ1n) is 5.95. The van der Waals surface area contributed by atoms with Crippen molar-refractivity contribution in [1.29, 1.82) is 0 Å². The van der Waals surface area contributed by atoms with Crippen LogP contribution in [-0.2, 0) is 14.4 Å². The first kappa shape index (κ1) is 12.2. The molecule has 1 atom stereocenters. The van der Waals surface area contributed by atoms with Gasteiger partial charge in [-0.15, -0.1) is 0 Å². The van der Waals surface area contributed by atoms with E-state index in [1.54, 1.807) is 6.07 Å². The second kappa shape index (κ2) is 4.35. The van der Waals surface area contributed by atoms with Crippen molar-refractivity contribution in [3.63, 3.8) is 0 Å². The molecule has 5 nitrogen and oxygen atoms in total. The third-order valence-electron chi connectivity index (χ3n) is 3.39. The van der Waals surface area contributed by atoms with Crippen LogP contribution in [0.3, 0.4) is 0 Å². The number of piperidine rings is 1. The second-order valence-electron chi connectivity index (χ2n) is 4.66. The maximum atomic E-state index is 11.9. The van der Waals surface area contributed by atoms with Crippen LogP contribution in [0.2, 0.25) is 5.02 Å². The number of rotatable bonds is 1. The molecule has 1 unspecified atom stereocenters. The maximum Gasteiger partial charge on any atom is 0.274 e. The molecule has 1 aromatic rings. The van der Waals surface area contributed by atoms with E-state index in [4.69, 9.17) is 16.4 Å². The zero-order valence-corrected chi connectivity index (χ0v) is 10.7. The number of amides is 2. The monoisotopic (exact) mass is 278 g/mol. The Labute approximate surface area is 114 Å². The van der Waals surface area contributed by atoms with Gasteiger partial charge in [0.1, 0.15) is 0 Å². The topological polar surface area (TPSA) is 67.8 Å². The lowest BCUT2D eigenvalue weighted by Crippen LogP contribution is -2.53. The average molecular weight is 279 g/mol. The van der Waals surface area contributed by atoms with E-state index in [2.05, 4.69) is 10.5 Å². The van der Waals surface area contributed by atoms with Gasteiger partial charge in [-0.05, 0) is 6.07 Å². The summed E-state index contributed by atoms with van der Waals surface area (Å²) >= 11 is 6.10. The molecule has 1 saturated heterocycles. The van der Waals surface area contributed by atoms with Gasteiger partial charge in [-0.3, -0.25) is 14.9 Å². The smallest absolute Gasteiger partial charge is 0.274 e. The van der Waals surface area contributed by atoms with Crippen LogP contribution in [-0.4, -0.2) is 23.1 Å². The molecule has 0 bridgehead atoms. The molecule has 0 radical (unpaired) electrons. The van der Waals surface area contributed by atoms with Gasteiger partial charge in [-0.2, -0.15) is 0 Å². The lowest BCUT2D eigenvalue weighted by molar-refractivity contribution is -0.153. The van der Waals surface area contributed by atoms with Crippen molar-refractivity contribution in [3.05, 3.63) is 34.9 Å². The number of benzene rings is 1. The SMILES string of the molecule is O=C1CCC2(CC(c3ccccc3Cl)=NO2)C(=O)N1. The molecule has 2 aliphatic heterocycles. The van der Waals surface area contributed by atoms with Crippen molar-refractivity contribution in [3.8, 4) is 0 Å². The Morgan fingerprint density at radius 3 is 2.84 bits per heavy atom. The van der Waals surface area contributed by atoms with Crippen molar-refractivity contribution < 1.29 is 14.4 Å². The largest absolute Gasteiger partial charge is 0.378 e. The van der Waals surface area contributed by atoms with Gasteiger partial charge in [0.2, 0.25) is 11.5 Å². The van der Waals surface area contributed by atoms with Crippen LogP contribution in [0.4, 0.5) is 0 Å². The summed E-state index contributed by atoms with van der Waals surface area (Å²) in [5, 5.41) is 6.83. The molecule has 2 aliphatic rings.